The second kappa shape index (κ2) is 5.34. The van der Waals surface area contributed by atoms with E-state index in [1.165, 1.54) is 6.07 Å². The quantitative estimate of drug-likeness (QED) is 0.766. The van der Waals surface area contributed by atoms with Crippen LogP contribution < -0.4 is 16.6 Å². The Hall–Kier alpha value is -2.63. The van der Waals surface area contributed by atoms with Crippen molar-refractivity contribution in [2.24, 2.45) is 5.73 Å². The van der Waals surface area contributed by atoms with Crippen molar-refractivity contribution in [2.75, 3.05) is 5.32 Å². The summed E-state index contributed by atoms with van der Waals surface area (Å²) in [5.41, 5.74) is 6.79. The normalized spacial score (nSPS) is 10.2. The van der Waals surface area contributed by atoms with E-state index in [-0.39, 0.29) is 5.56 Å². The van der Waals surface area contributed by atoms with Crippen LogP contribution in [0.3, 0.4) is 0 Å². The van der Waals surface area contributed by atoms with Gasteiger partial charge in [-0.3, -0.25) is 14.6 Å². The SMILES string of the molecule is CCc1cc(=O)[nH]c(Nc2ccc(C(N)=O)cc2)n1. The van der Waals surface area contributed by atoms with Gasteiger partial charge in [0.2, 0.25) is 11.9 Å². The number of H-pyrrole nitrogens is 1. The van der Waals surface area contributed by atoms with Crippen LogP contribution in [0.25, 0.3) is 0 Å². The molecule has 1 amide bonds. The number of nitrogens with two attached hydrogens (primary N) is 1. The zero-order valence-electron chi connectivity index (χ0n) is 10.4. The first kappa shape index (κ1) is 12.8. The molecule has 6 nitrogen and oxygen atoms in total. The Morgan fingerprint density at radius 1 is 1.37 bits per heavy atom. The molecular formula is C13H14N4O2. The number of carbonyl (C=O) groups is 1. The highest BCUT2D eigenvalue weighted by Crippen LogP contribution is 2.13. The van der Waals surface area contributed by atoms with E-state index in [0.29, 0.717) is 29.3 Å². The highest BCUT2D eigenvalue weighted by atomic mass is 16.1. The molecule has 1 heterocycles. The summed E-state index contributed by atoms with van der Waals surface area (Å²) in [6.07, 6.45) is 0.680. The van der Waals surface area contributed by atoms with E-state index in [1.807, 2.05) is 6.92 Å². The van der Waals surface area contributed by atoms with Gasteiger partial charge < -0.3 is 11.1 Å². The molecule has 0 aliphatic carbocycles. The van der Waals surface area contributed by atoms with E-state index in [9.17, 15) is 9.59 Å². The minimum absolute atomic E-state index is 0.205. The van der Waals surface area contributed by atoms with Gasteiger partial charge in [0, 0.05) is 23.0 Å². The molecule has 1 aromatic heterocycles. The van der Waals surface area contributed by atoms with Gasteiger partial charge in [0.25, 0.3) is 5.56 Å². The van der Waals surface area contributed by atoms with Crippen LogP contribution in [-0.2, 0) is 6.42 Å². The maximum absolute atomic E-state index is 11.4. The number of aryl methyl sites for hydroxylation is 1. The largest absolute Gasteiger partial charge is 0.366 e. The Balaban J connectivity index is 2.23. The van der Waals surface area contributed by atoms with Gasteiger partial charge in [-0.05, 0) is 30.7 Å². The lowest BCUT2D eigenvalue weighted by Gasteiger charge is -2.06. The molecule has 0 fully saturated rings. The summed E-state index contributed by atoms with van der Waals surface area (Å²) in [4.78, 5) is 29.2. The number of hydrogen-bond donors (Lipinski definition) is 3. The maximum Gasteiger partial charge on any atom is 0.252 e. The molecule has 0 atom stereocenters. The first-order valence-corrected chi connectivity index (χ1v) is 5.85. The molecule has 0 spiro atoms. The number of anilines is 2. The van der Waals surface area contributed by atoms with Crippen LogP contribution in [0.4, 0.5) is 11.6 Å². The van der Waals surface area contributed by atoms with Crippen molar-refractivity contribution in [1.29, 1.82) is 0 Å². The predicted molar refractivity (Wildman–Crippen MR) is 72.5 cm³/mol. The number of nitrogens with zero attached hydrogens (tertiary/aromatic N) is 1. The van der Waals surface area contributed by atoms with Gasteiger partial charge in [0.15, 0.2) is 0 Å². The highest BCUT2D eigenvalue weighted by Gasteiger charge is 2.02. The van der Waals surface area contributed by atoms with E-state index < -0.39 is 5.91 Å². The van der Waals surface area contributed by atoms with Crippen molar-refractivity contribution in [1.82, 2.24) is 9.97 Å². The third-order valence-corrected chi connectivity index (χ3v) is 2.59. The Kier molecular flexibility index (Phi) is 3.61. The molecule has 0 saturated carbocycles. The maximum atomic E-state index is 11.4. The fourth-order valence-corrected chi connectivity index (χ4v) is 1.60. The summed E-state index contributed by atoms with van der Waals surface area (Å²) in [6, 6.07) is 8.05. The Labute approximate surface area is 109 Å². The summed E-state index contributed by atoms with van der Waals surface area (Å²) in [6.45, 7) is 1.92. The number of amides is 1. The van der Waals surface area contributed by atoms with Gasteiger partial charge in [-0.1, -0.05) is 6.92 Å². The molecule has 1 aromatic carbocycles. The van der Waals surface area contributed by atoms with E-state index >= 15 is 0 Å². The van der Waals surface area contributed by atoms with E-state index in [4.69, 9.17) is 5.73 Å². The topological polar surface area (TPSA) is 101 Å². The summed E-state index contributed by atoms with van der Waals surface area (Å²) < 4.78 is 0. The third kappa shape index (κ3) is 3.19. The van der Waals surface area contributed by atoms with Gasteiger partial charge in [-0.15, -0.1) is 0 Å². The molecule has 0 radical (unpaired) electrons. The molecule has 2 aromatic rings. The second-order valence-corrected chi connectivity index (χ2v) is 4.01. The molecule has 0 aliphatic heterocycles. The fourth-order valence-electron chi connectivity index (χ4n) is 1.60. The standard InChI is InChI=1S/C13H14N4O2/c1-2-9-7-11(18)17-13(15-9)16-10-5-3-8(4-6-10)12(14)19/h3-7H,2H2,1H3,(H2,14,19)(H2,15,16,17,18). The first-order valence-electron chi connectivity index (χ1n) is 5.85. The number of primary amides is 1. The minimum atomic E-state index is -0.480. The van der Waals surface area contributed by atoms with E-state index in [0.717, 1.165) is 0 Å². The van der Waals surface area contributed by atoms with Crippen LogP contribution in [0.1, 0.15) is 23.0 Å². The fraction of sp³-hybridized carbons (Fsp3) is 0.154. The van der Waals surface area contributed by atoms with Crippen molar-refractivity contribution in [3.63, 3.8) is 0 Å². The summed E-state index contributed by atoms with van der Waals surface area (Å²) in [5, 5.41) is 2.97. The van der Waals surface area contributed by atoms with Crippen LogP contribution in [0.2, 0.25) is 0 Å². The molecule has 4 N–H and O–H groups in total. The van der Waals surface area contributed by atoms with Crippen molar-refractivity contribution in [3.8, 4) is 0 Å². The molecule has 2 rings (SSSR count). The lowest BCUT2D eigenvalue weighted by Crippen LogP contribution is -2.12. The Morgan fingerprint density at radius 2 is 2.05 bits per heavy atom. The number of aromatic nitrogens is 2. The molecule has 0 unspecified atom stereocenters. The zero-order chi connectivity index (χ0) is 13.8. The van der Waals surface area contributed by atoms with Gasteiger partial charge in [0.05, 0.1) is 0 Å². The van der Waals surface area contributed by atoms with Gasteiger partial charge >= 0.3 is 0 Å². The average molecular weight is 258 g/mol. The number of rotatable bonds is 4. The monoisotopic (exact) mass is 258 g/mol. The summed E-state index contributed by atoms with van der Waals surface area (Å²) >= 11 is 0. The molecule has 0 saturated heterocycles. The molecule has 19 heavy (non-hydrogen) atoms. The van der Waals surface area contributed by atoms with Crippen LogP contribution >= 0.6 is 0 Å². The lowest BCUT2D eigenvalue weighted by molar-refractivity contribution is 0.100. The summed E-state index contributed by atoms with van der Waals surface area (Å²) in [5.74, 6) is -0.109. The Morgan fingerprint density at radius 3 is 2.63 bits per heavy atom. The summed E-state index contributed by atoms with van der Waals surface area (Å²) in [7, 11) is 0. The van der Waals surface area contributed by atoms with Crippen molar-refractivity contribution in [2.45, 2.75) is 13.3 Å². The van der Waals surface area contributed by atoms with Gasteiger partial charge in [0.1, 0.15) is 0 Å². The van der Waals surface area contributed by atoms with Crippen LogP contribution in [0.15, 0.2) is 35.1 Å². The number of nitrogens with one attached hydrogen (secondary N) is 2. The minimum Gasteiger partial charge on any atom is -0.366 e. The van der Waals surface area contributed by atoms with Crippen molar-refractivity contribution in [3.05, 3.63) is 51.9 Å². The van der Waals surface area contributed by atoms with Crippen LogP contribution in [0.5, 0.6) is 0 Å². The van der Waals surface area contributed by atoms with Crippen LogP contribution in [-0.4, -0.2) is 15.9 Å². The molecule has 0 bridgehead atoms. The number of carbonyl (C=O) groups excluding carboxylic acids is 1. The molecule has 0 aliphatic rings. The average Bonchev–Trinajstić information content (AvgIpc) is 2.38. The number of hydrogen-bond acceptors (Lipinski definition) is 4. The second-order valence-electron chi connectivity index (χ2n) is 4.01. The molecule has 6 heteroatoms. The molecular weight excluding hydrogens is 244 g/mol. The predicted octanol–water partition coefficient (Wildman–Crippen LogP) is 1.17. The smallest absolute Gasteiger partial charge is 0.252 e. The zero-order valence-corrected chi connectivity index (χ0v) is 10.4. The van der Waals surface area contributed by atoms with Crippen molar-refractivity contribution >= 4 is 17.5 Å². The number of aromatic amines is 1. The lowest BCUT2D eigenvalue weighted by atomic mass is 10.2. The highest BCUT2D eigenvalue weighted by molar-refractivity contribution is 5.93. The molecule has 98 valence electrons. The Bertz CT molecular complexity index is 646. The first-order chi connectivity index (χ1) is 9.08. The van der Waals surface area contributed by atoms with Crippen molar-refractivity contribution < 1.29 is 4.79 Å². The third-order valence-electron chi connectivity index (χ3n) is 2.59. The number of benzene rings is 1. The van der Waals surface area contributed by atoms with Gasteiger partial charge in [-0.2, -0.15) is 0 Å². The van der Waals surface area contributed by atoms with Gasteiger partial charge in [-0.25, -0.2) is 4.98 Å². The van der Waals surface area contributed by atoms with Crippen LogP contribution in [0, 0.1) is 0 Å². The van der Waals surface area contributed by atoms with E-state index in [2.05, 4.69) is 15.3 Å². The van der Waals surface area contributed by atoms with E-state index in [1.54, 1.807) is 24.3 Å².